The maximum Gasteiger partial charge on any atom is 0.412 e. The monoisotopic (exact) mass is 369 g/mol. The Bertz CT molecular complexity index is 454. The normalized spacial score (nSPS) is 8.94. The van der Waals surface area contributed by atoms with Crippen molar-refractivity contribution >= 4 is 57.6 Å². The fraction of sp³-hybridized carbons (Fsp3) is 0.100. The van der Waals surface area contributed by atoms with Gasteiger partial charge in [0, 0.05) is 28.3 Å². The lowest BCUT2D eigenvalue weighted by Crippen LogP contribution is -2.13. The van der Waals surface area contributed by atoms with Crippen molar-refractivity contribution in [1.82, 2.24) is 0 Å². The average molecular weight is 370 g/mol. The molecule has 0 saturated carbocycles. The lowest BCUT2D eigenvalue weighted by molar-refractivity contribution is 0.176. The second kappa shape index (κ2) is 6.84. The lowest BCUT2D eigenvalue weighted by Gasteiger charge is -2.05. The minimum Gasteiger partial charge on any atom is -0.436 e. The number of anilines is 1. The van der Waals surface area contributed by atoms with Gasteiger partial charge in [-0.1, -0.05) is 29.1 Å². The molecule has 0 heterocycles. The number of carbonyl (C=O) groups excluding carboxylic acids is 1. The maximum absolute atomic E-state index is 11.2. The summed E-state index contributed by atoms with van der Waals surface area (Å²) in [7, 11) is 0. The van der Waals surface area contributed by atoms with Gasteiger partial charge in [0.25, 0.3) is 0 Å². The fourth-order valence-electron chi connectivity index (χ4n) is 0.857. The van der Waals surface area contributed by atoms with E-state index in [0.717, 1.165) is 0 Å². The highest BCUT2D eigenvalue weighted by molar-refractivity contribution is 14.1. The van der Waals surface area contributed by atoms with E-state index >= 15 is 0 Å². The van der Waals surface area contributed by atoms with Crippen molar-refractivity contribution < 1.29 is 9.53 Å². The third-order valence-corrected chi connectivity index (χ3v) is 2.63. The lowest BCUT2D eigenvalue weighted by atomic mass is 10.3. The van der Waals surface area contributed by atoms with Crippen molar-refractivity contribution in [3.63, 3.8) is 0 Å². The second-order valence-corrected chi connectivity index (χ2v) is 3.96. The van der Waals surface area contributed by atoms with E-state index < -0.39 is 6.09 Å². The Morgan fingerprint density at radius 3 is 2.81 bits per heavy atom. The molecule has 1 amide bonds. The van der Waals surface area contributed by atoms with E-state index in [9.17, 15) is 4.79 Å². The molecule has 84 valence electrons. The highest BCUT2D eigenvalue weighted by Crippen LogP contribution is 2.24. The van der Waals surface area contributed by atoms with Gasteiger partial charge >= 0.3 is 6.09 Å². The molecule has 0 bridgehead atoms. The zero-order valence-electron chi connectivity index (χ0n) is 7.89. The number of hydrogen-bond donors (Lipinski definition) is 1. The van der Waals surface area contributed by atoms with Gasteiger partial charge in [-0.25, -0.2) is 4.79 Å². The molecular weight excluding hydrogens is 364 g/mol. The van der Waals surface area contributed by atoms with Crippen LogP contribution in [0.5, 0.6) is 0 Å². The van der Waals surface area contributed by atoms with Crippen LogP contribution in [0.25, 0.3) is 0 Å². The molecule has 0 atom stereocenters. The molecule has 1 aromatic carbocycles. The SMILES string of the molecule is O=C(Nc1ccc(Cl)c(Cl)c1)OCC#CI. The van der Waals surface area contributed by atoms with Gasteiger partial charge < -0.3 is 4.74 Å². The number of nitrogens with one attached hydrogen (secondary N) is 1. The minimum absolute atomic E-state index is 0.0517. The quantitative estimate of drug-likeness (QED) is 0.633. The van der Waals surface area contributed by atoms with Crippen LogP contribution in [0.2, 0.25) is 10.0 Å². The van der Waals surface area contributed by atoms with Crippen molar-refractivity contribution in [3.05, 3.63) is 28.2 Å². The Morgan fingerprint density at radius 1 is 1.44 bits per heavy atom. The van der Waals surface area contributed by atoms with Gasteiger partial charge in [-0.3, -0.25) is 5.32 Å². The summed E-state index contributed by atoms with van der Waals surface area (Å²) in [5.41, 5.74) is 0.516. The highest BCUT2D eigenvalue weighted by Gasteiger charge is 2.04. The van der Waals surface area contributed by atoms with Crippen molar-refractivity contribution in [2.24, 2.45) is 0 Å². The molecule has 16 heavy (non-hydrogen) atoms. The molecule has 3 nitrogen and oxygen atoms in total. The molecule has 0 radical (unpaired) electrons. The van der Waals surface area contributed by atoms with Crippen molar-refractivity contribution in [2.75, 3.05) is 11.9 Å². The predicted molar refractivity (Wildman–Crippen MR) is 73.2 cm³/mol. The summed E-state index contributed by atoms with van der Waals surface area (Å²) in [6, 6.07) is 4.75. The smallest absolute Gasteiger partial charge is 0.412 e. The Labute approximate surface area is 117 Å². The van der Waals surface area contributed by atoms with Gasteiger partial charge in [-0.05, 0) is 22.1 Å². The first kappa shape index (κ1) is 13.4. The number of hydrogen-bond acceptors (Lipinski definition) is 2. The molecule has 0 saturated heterocycles. The first-order valence-corrected chi connectivity index (χ1v) is 5.94. The Kier molecular flexibility index (Phi) is 5.74. The standard InChI is InChI=1S/C10H6Cl2INO2/c11-8-3-2-7(6-9(8)12)14-10(15)16-5-1-4-13/h2-3,6H,5H2,(H,14,15). The van der Waals surface area contributed by atoms with Gasteiger partial charge in [0.2, 0.25) is 0 Å². The van der Waals surface area contributed by atoms with Crippen LogP contribution < -0.4 is 5.32 Å². The average Bonchev–Trinajstić information content (AvgIpc) is 2.24. The van der Waals surface area contributed by atoms with Crippen LogP contribution >= 0.6 is 45.8 Å². The molecule has 1 aromatic rings. The Hall–Kier alpha value is -0.640. The predicted octanol–water partition coefficient (Wildman–Crippen LogP) is 3.94. The highest BCUT2D eigenvalue weighted by atomic mass is 127. The molecule has 0 aliphatic heterocycles. The third-order valence-electron chi connectivity index (χ3n) is 1.51. The van der Waals surface area contributed by atoms with Crippen LogP contribution in [0.4, 0.5) is 10.5 Å². The summed E-state index contributed by atoms with van der Waals surface area (Å²) in [5, 5.41) is 3.29. The summed E-state index contributed by atoms with van der Waals surface area (Å²) in [4.78, 5) is 11.2. The van der Waals surface area contributed by atoms with Gasteiger partial charge in [0.1, 0.15) is 0 Å². The van der Waals surface area contributed by atoms with Crippen molar-refractivity contribution in [3.8, 4) is 9.85 Å². The van der Waals surface area contributed by atoms with Gasteiger partial charge in [-0.15, -0.1) is 0 Å². The summed E-state index contributed by atoms with van der Waals surface area (Å²) in [6.07, 6.45) is -0.586. The van der Waals surface area contributed by atoms with Crippen LogP contribution in [-0.4, -0.2) is 12.7 Å². The molecule has 0 fully saturated rings. The van der Waals surface area contributed by atoms with E-state index in [4.69, 9.17) is 27.9 Å². The molecule has 0 aliphatic carbocycles. The minimum atomic E-state index is -0.586. The van der Waals surface area contributed by atoms with E-state index in [1.165, 1.54) is 6.07 Å². The molecule has 1 rings (SSSR count). The first-order valence-electron chi connectivity index (χ1n) is 4.11. The number of benzene rings is 1. The maximum atomic E-state index is 11.2. The molecule has 0 unspecified atom stereocenters. The van der Waals surface area contributed by atoms with E-state index in [2.05, 4.69) is 15.2 Å². The van der Waals surface area contributed by atoms with Crippen LogP contribution in [0, 0.1) is 9.85 Å². The van der Waals surface area contributed by atoms with Gasteiger partial charge in [0.15, 0.2) is 6.61 Å². The zero-order valence-corrected chi connectivity index (χ0v) is 11.6. The Morgan fingerprint density at radius 2 is 2.19 bits per heavy atom. The molecule has 0 aromatic heterocycles. The van der Waals surface area contributed by atoms with Crippen LogP contribution in [0.3, 0.4) is 0 Å². The molecule has 0 aliphatic rings. The second-order valence-electron chi connectivity index (χ2n) is 2.60. The largest absolute Gasteiger partial charge is 0.436 e. The van der Waals surface area contributed by atoms with Crippen molar-refractivity contribution in [2.45, 2.75) is 0 Å². The summed E-state index contributed by atoms with van der Waals surface area (Å²) >= 11 is 13.4. The summed E-state index contributed by atoms with van der Waals surface area (Å²) in [6.45, 7) is 0.0517. The van der Waals surface area contributed by atoms with E-state index in [-0.39, 0.29) is 6.61 Å². The number of ether oxygens (including phenoxy) is 1. The first-order chi connectivity index (χ1) is 7.63. The van der Waals surface area contributed by atoms with Gasteiger partial charge in [0.05, 0.1) is 10.0 Å². The number of rotatable bonds is 2. The Balaban J connectivity index is 2.55. The number of amides is 1. The fourth-order valence-corrected chi connectivity index (χ4v) is 1.31. The zero-order chi connectivity index (χ0) is 12.0. The third kappa shape index (κ3) is 4.47. The van der Waals surface area contributed by atoms with Gasteiger partial charge in [-0.2, -0.15) is 0 Å². The topological polar surface area (TPSA) is 38.3 Å². The molecule has 6 heteroatoms. The van der Waals surface area contributed by atoms with E-state index in [1.54, 1.807) is 12.1 Å². The molecular formula is C10H6Cl2INO2. The summed E-state index contributed by atoms with van der Waals surface area (Å²) in [5.74, 6) is 2.59. The van der Waals surface area contributed by atoms with Crippen LogP contribution in [0.15, 0.2) is 18.2 Å². The van der Waals surface area contributed by atoms with Crippen LogP contribution in [-0.2, 0) is 4.74 Å². The summed E-state index contributed by atoms with van der Waals surface area (Å²) < 4.78 is 7.33. The van der Waals surface area contributed by atoms with Crippen molar-refractivity contribution in [1.29, 1.82) is 0 Å². The van der Waals surface area contributed by atoms with E-state index in [0.29, 0.717) is 15.7 Å². The van der Waals surface area contributed by atoms with E-state index in [1.807, 2.05) is 22.6 Å². The number of carbonyl (C=O) groups is 1. The molecule has 1 N–H and O–H groups in total. The van der Waals surface area contributed by atoms with Crippen LogP contribution in [0.1, 0.15) is 0 Å². The molecule has 0 spiro atoms. The number of halogens is 3.